The normalized spacial score (nSPS) is 19.5. The molecule has 2 aromatic heterocycles. The van der Waals surface area contributed by atoms with Crippen molar-refractivity contribution in [2.45, 2.75) is 46.5 Å². The lowest BCUT2D eigenvalue weighted by atomic mass is 9.96. The second-order valence-electron chi connectivity index (χ2n) is 9.85. The fourth-order valence-corrected chi connectivity index (χ4v) is 5.68. The summed E-state index contributed by atoms with van der Waals surface area (Å²) in [6.07, 6.45) is 1.56. The second kappa shape index (κ2) is 8.49. The van der Waals surface area contributed by atoms with Gasteiger partial charge in [-0.2, -0.15) is 0 Å². The van der Waals surface area contributed by atoms with Gasteiger partial charge in [-0.3, -0.25) is 35.3 Å². The number of carbonyl (C=O) groups excluding carboxylic acids is 3. The predicted octanol–water partition coefficient (Wildman–Crippen LogP) is 3.11. The summed E-state index contributed by atoms with van der Waals surface area (Å²) in [5.41, 5.74) is 4.57. The van der Waals surface area contributed by atoms with Crippen LogP contribution in [0.1, 0.15) is 72.5 Å². The van der Waals surface area contributed by atoms with Crippen molar-refractivity contribution in [3.8, 4) is 0 Å². The Morgan fingerprint density at radius 2 is 1.74 bits per heavy atom. The number of nitro groups is 1. The van der Waals surface area contributed by atoms with E-state index in [9.17, 15) is 24.5 Å². The van der Waals surface area contributed by atoms with Gasteiger partial charge >= 0.3 is 11.8 Å². The Labute approximate surface area is 200 Å². The SMILES string of the molecule is CC1(C)C(C(=O)N2CCC(c3nc(C(=O)NNC(=O)c4ccc([N+](=O)[O-])o4)cs3)CC2)C1(C)C. The number of hydrogen-bond donors (Lipinski definition) is 2. The molecule has 0 atom stereocenters. The Balaban J connectivity index is 1.28. The zero-order valence-corrected chi connectivity index (χ0v) is 20.2. The summed E-state index contributed by atoms with van der Waals surface area (Å²) in [6, 6.07) is 2.19. The highest BCUT2D eigenvalue weighted by molar-refractivity contribution is 7.09. The monoisotopic (exact) mass is 489 g/mol. The van der Waals surface area contributed by atoms with Crippen LogP contribution in [0.3, 0.4) is 0 Å². The molecule has 2 aromatic rings. The summed E-state index contributed by atoms with van der Waals surface area (Å²) in [5, 5.41) is 13.1. The number of amides is 3. The first-order valence-electron chi connectivity index (χ1n) is 11.0. The summed E-state index contributed by atoms with van der Waals surface area (Å²) in [6.45, 7) is 9.91. The van der Waals surface area contributed by atoms with Gasteiger partial charge < -0.3 is 9.32 Å². The van der Waals surface area contributed by atoms with Gasteiger partial charge in [0, 0.05) is 30.3 Å². The van der Waals surface area contributed by atoms with Crippen LogP contribution < -0.4 is 10.9 Å². The van der Waals surface area contributed by atoms with Crippen LogP contribution in [0, 0.1) is 26.9 Å². The maximum Gasteiger partial charge on any atom is 0.433 e. The molecule has 3 amide bonds. The van der Waals surface area contributed by atoms with E-state index in [4.69, 9.17) is 4.42 Å². The number of carbonyl (C=O) groups is 3. The van der Waals surface area contributed by atoms with E-state index in [1.54, 1.807) is 5.38 Å². The number of nitrogens with zero attached hydrogens (tertiary/aromatic N) is 3. The van der Waals surface area contributed by atoms with E-state index in [1.165, 1.54) is 11.3 Å². The summed E-state index contributed by atoms with van der Waals surface area (Å²) in [4.78, 5) is 53.6. The maximum atomic E-state index is 13.0. The van der Waals surface area contributed by atoms with E-state index in [2.05, 4.69) is 43.5 Å². The van der Waals surface area contributed by atoms with Crippen molar-refractivity contribution in [1.82, 2.24) is 20.7 Å². The van der Waals surface area contributed by atoms with Crippen LogP contribution in [0.25, 0.3) is 0 Å². The first kappa shape index (κ1) is 23.9. The minimum atomic E-state index is -0.823. The highest BCUT2D eigenvalue weighted by Gasteiger charge is 2.68. The molecule has 3 heterocycles. The van der Waals surface area contributed by atoms with Crippen LogP contribution in [0.5, 0.6) is 0 Å². The number of furan rings is 1. The number of rotatable bonds is 5. The third kappa shape index (κ3) is 4.17. The third-order valence-corrected chi connectivity index (χ3v) is 8.47. The molecule has 1 saturated carbocycles. The molecule has 1 aliphatic heterocycles. The highest BCUT2D eigenvalue weighted by atomic mass is 32.1. The van der Waals surface area contributed by atoms with Gasteiger partial charge in [-0.05, 0) is 29.7 Å². The first-order chi connectivity index (χ1) is 15.9. The van der Waals surface area contributed by atoms with Crippen molar-refractivity contribution in [1.29, 1.82) is 0 Å². The summed E-state index contributed by atoms with van der Waals surface area (Å²) < 4.78 is 4.79. The fraction of sp³-hybridized carbons (Fsp3) is 0.545. The van der Waals surface area contributed by atoms with Gasteiger partial charge in [0.15, 0.2) is 0 Å². The quantitative estimate of drug-likeness (QED) is 0.484. The predicted molar refractivity (Wildman–Crippen MR) is 122 cm³/mol. The molecular weight excluding hydrogens is 462 g/mol. The Bertz CT molecular complexity index is 1130. The number of hydrazine groups is 1. The fourth-order valence-electron chi connectivity index (χ4n) is 4.71. The number of nitrogens with one attached hydrogen (secondary N) is 2. The first-order valence-corrected chi connectivity index (χ1v) is 11.9. The lowest BCUT2D eigenvalue weighted by Gasteiger charge is -2.31. The molecule has 11 nitrogen and oxygen atoms in total. The topological polar surface area (TPSA) is 148 Å². The molecule has 0 unspecified atom stereocenters. The van der Waals surface area contributed by atoms with Crippen LogP contribution in [0.15, 0.2) is 21.9 Å². The zero-order chi connectivity index (χ0) is 24.8. The van der Waals surface area contributed by atoms with Crippen molar-refractivity contribution in [3.63, 3.8) is 0 Å². The van der Waals surface area contributed by atoms with Crippen molar-refractivity contribution in [2.24, 2.45) is 16.7 Å². The molecule has 0 radical (unpaired) electrons. The van der Waals surface area contributed by atoms with Gasteiger partial charge in [-0.15, -0.1) is 11.3 Å². The van der Waals surface area contributed by atoms with E-state index < -0.39 is 22.6 Å². The maximum absolute atomic E-state index is 13.0. The van der Waals surface area contributed by atoms with Crippen LogP contribution in [0.4, 0.5) is 5.88 Å². The average molecular weight is 490 g/mol. The molecule has 2 fully saturated rings. The molecule has 182 valence electrons. The molecule has 4 rings (SSSR count). The standard InChI is InChI=1S/C22H27N5O6S/c1-21(2)16(22(21,3)4)20(30)26-9-7-12(8-10-26)19-23-13(11-34-19)17(28)24-25-18(29)14-5-6-15(33-14)27(31)32/h5-6,11-12,16H,7-10H2,1-4H3,(H,24,28)(H,25,29). The molecule has 2 N–H and O–H groups in total. The summed E-state index contributed by atoms with van der Waals surface area (Å²) in [5.74, 6) is -1.87. The van der Waals surface area contributed by atoms with Gasteiger partial charge in [-0.25, -0.2) is 4.98 Å². The van der Waals surface area contributed by atoms with Gasteiger partial charge in [0.2, 0.25) is 11.7 Å². The molecule has 0 bridgehead atoms. The largest absolute Gasteiger partial charge is 0.433 e. The Kier molecular flexibility index (Phi) is 5.96. The Morgan fingerprint density at radius 1 is 1.12 bits per heavy atom. The Morgan fingerprint density at radius 3 is 2.29 bits per heavy atom. The van der Waals surface area contributed by atoms with Crippen molar-refractivity contribution >= 4 is 34.9 Å². The average Bonchev–Trinajstić information content (AvgIpc) is 3.32. The van der Waals surface area contributed by atoms with Crippen LogP contribution >= 0.6 is 11.3 Å². The molecular formula is C22H27N5O6S. The van der Waals surface area contributed by atoms with Crippen LogP contribution in [0.2, 0.25) is 0 Å². The highest BCUT2D eigenvalue weighted by Crippen LogP contribution is 2.68. The van der Waals surface area contributed by atoms with Crippen LogP contribution in [-0.2, 0) is 4.79 Å². The van der Waals surface area contributed by atoms with Gasteiger partial charge in [-0.1, -0.05) is 27.7 Å². The molecule has 0 spiro atoms. The Hall–Kier alpha value is -3.28. The van der Waals surface area contributed by atoms with E-state index in [-0.39, 0.29) is 40.0 Å². The van der Waals surface area contributed by atoms with E-state index in [0.717, 1.165) is 30.0 Å². The number of aromatic nitrogens is 1. The zero-order valence-electron chi connectivity index (χ0n) is 19.4. The lowest BCUT2D eigenvalue weighted by Crippen LogP contribution is -2.41. The molecule has 12 heteroatoms. The van der Waals surface area contributed by atoms with E-state index >= 15 is 0 Å². The number of piperidine rings is 1. The smallest absolute Gasteiger partial charge is 0.395 e. The molecule has 1 saturated heterocycles. The van der Waals surface area contributed by atoms with Crippen molar-refractivity contribution in [3.05, 3.63) is 44.1 Å². The summed E-state index contributed by atoms with van der Waals surface area (Å²) >= 11 is 1.37. The van der Waals surface area contributed by atoms with Gasteiger partial charge in [0.05, 0.1) is 11.1 Å². The minimum absolute atomic E-state index is 0.0135. The van der Waals surface area contributed by atoms with Crippen molar-refractivity contribution < 1.29 is 23.7 Å². The van der Waals surface area contributed by atoms with Crippen LogP contribution in [-0.4, -0.2) is 45.6 Å². The number of thiazole rings is 1. The molecule has 34 heavy (non-hydrogen) atoms. The summed E-state index contributed by atoms with van der Waals surface area (Å²) in [7, 11) is 0. The van der Waals surface area contributed by atoms with E-state index in [1.807, 2.05) is 4.90 Å². The second-order valence-corrected chi connectivity index (χ2v) is 10.7. The number of hydrogen-bond acceptors (Lipinski definition) is 8. The third-order valence-electron chi connectivity index (χ3n) is 7.46. The minimum Gasteiger partial charge on any atom is -0.395 e. The van der Waals surface area contributed by atoms with Gasteiger partial charge in [0.25, 0.3) is 5.91 Å². The van der Waals surface area contributed by atoms with Crippen molar-refractivity contribution in [2.75, 3.05) is 13.1 Å². The lowest BCUT2D eigenvalue weighted by molar-refractivity contribution is -0.402. The molecule has 0 aromatic carbocycles. The van der Waals surface area contributed by atoms with Gasteiger partial charge in [0.1, 0.15) is 10.6 Å². The number of likely N-dealkylation sites (tertiary alicyclic amines) is 1. The molecule has 2 aliphatic rings. The van der Waals surface area contributed by atoms with E-state index in [0.29, 0.717) is 13.1 Å². The molecule has 1 aliphatic carbocycles.